The maximum absolute atomic E-state index is 12.5. The number of carbonyl (C=O) groups excluding carboxylic acids is 3. The smallest absolute Gasteiger partial charge is 0.309 e. The third kappa shape index (κ3) is 6.85. The number of likely N-dealkylation sites (N-methyl/N-ethyl adjacent to an activating group) is 1. The summed E-state index contributed by atoms with van der Waals surface area (Å²) in [7, 11) is 1.67. The molecule has 0 atom stereocenters. The van der Waals surface area contributed by atoms with Crippen LogP contribution in [0.4, 0.5) is 0 Å². The molecule has 6 nitrogen and oxygen atoms in total. The minimum absolute atomic E-state index is 0.0374. The van der Waals surface area contributed by atoms with Crippen LogP contribution in [0.5, 0.6) is 0 Å². The van der Waals surface area contributed by atoms with Crippen molar-refractivity contribution >= 4 is 17.8 Å². The summed E-state index contributed by atoms with van der Waals surface area (Å²) in [6, 6.07) is 8.39. The van der Waals surface area contributed by atoms with Crippen LogP contribution in [0, 0.1) is 5.92 Å². The Labute approximate surface area is 180 Å². The molecule has 1 saturated heterocycles. The number of ether oxygens (including phenoxy) is 1. The summed E-state index contributed by atoms with van der Waals surface area (Å²) in [5, 5.41) is 0. The van der Waals surface area contributed by atoms with E-state index >= 15 is 0 Å². The highest BCUT2D eigenvalue weighted by atomic mass is 16.5. The fourth-order valence-corrected chi connectivity index (χ4v) is 3.63. The van der Waals surface area contributed by atoms with E-state index in [1.54, 1.807) is 18.9 Å². The predicted octanol–water partition coefficient (Wildman–Crippen LogP) is 3.18. The van der Waals surface area contributed by atoms with E-state index < -0.39 is 0 Å². The van der Waals surface area contributed by atoms with Crippen molar-refractivity contribution < 1.29 is 19.1 Å². The molecule has 0 aromatic heterocycles. The Kier molecular flexibility index (Phi) is 8.44. The summed E-state index contributed by atoms with van der Waals surface area (Å²) >= 11 is 0. The molecular weight excluding hydrogens is 380 g/mol. The second-order valence-corrected chi connectivity index (χ2v) is 9.10. The first kappa shape index (κ1) is 23.9. The highest BCUT2D eigenvalue weighted by Crippen LogP contribution is 2.22. The zero-order valence-corrected chi connectivity index (χ0v) is 19.1. The van der Waals surface area contributed by atoms with E-state index in [0.717, 1.165) is 5.56 Å². The lowest BCUT2D eigenvalue weighted by Crippen LogP contribution is -2.45. The molecule has 0 saturated carbocycles. The molecule has 0 radical (unpaired) electrons. The van der Waals surface area contributed by atoms with Gasteiger partial charge < -0.3 is 14.5 Å². The van der Waals surface area contributed by atoms with Gasteiger partial charge in [0.1, 0.15) is 0 Å². The molecular formula is C24H36N2O4. The van der Waals surface area contributed by atoms with Crippen molar-refractivity contribution in [2.24, 2.45) is 5.92 Å². The summed E-state index contributed by atoms with van der Waals surface area (Å²) in [5.74, 6) is -0.405. The molecule has 1 aliphatic heterocycles. The van der Waals surface area contributed by atoms with Gasteiger partial charge in [-0.1, -0.05) is 45.0 Å². The third-order valence-corrected chi connectivity index (χ3v) is 5.71. The number of nitrogens with zero attached hydrogens (tertiary/aromatic N) is 2. The molecule has 0 N–H and O–H groups in total. The summed E-state index contributed by atoms with van der Waals surface area (Å²) in [5.41, 5.74) is 2.50. The molecule has 0 bridgehead atoms. The molecule has 2 amide bonds. The van der Waals surface area contributed by atoms with Gasteiger partial charge in [0.15, 0.2) is 0 Å². The zero-order valence-electron chi connectivity index (χ0n) is 19.1. The molecule has 166 valence electrons. The van der Waals surface area contributed by atoms with Gasteiger partial charge in [0.25, 0.3) is 0 Å². The Bertz CT molecular complexity index is 729. The average Bonchev–Trinajstić information content (AvgIpc) is 2.71. The number of amides is 2. The normalized spacial score (nSPS) is 15.0. The molecule has 0 aliphatic carbocycles. The van der Waals surface area contributed by atoms with Crippen LogP contribution in [-0.4, -0.2) is 60.9 Å². The van der Waals surface area contributed by atoms with Gasteiger partial charge in [-0.3, -0.25) is 14.4 Å². The van der Waals surface area contributed by atoms with E-state index in [2.05, 4.69) is 45.0 Å². The first-order valence-electron chi connectivity index (χ1n) is 10.9. The molecule has 1 fully saturated rings. The molecule has 2 rings (SSSR count). The van der Waals surface area contributed by atoms with Gasteiger partial charge in [-0.05, 0) is 42.7 Å². The van der Waals surface area contributed by atoms with Gasteiger partial charge in [-0.15, -0.1) is 0 Å². The first-order chi connectivity index (χ1) is 14.1. The highest BCUT2D eigenvalue weighted by molar-refractivity contribution is 5.85. The largest absolute Gasteiger partial charge is 0.466 e. The van der Waals surface area contributed by atoms with Crippen molar-refractivity contribution in [3.8, 4) is 0 Å². The molecule has 1 aromatic rings. The van der Waals surface area contributed by atoms with Gasteiger partial charge in [0.2, 0.25) is 11.8 Å². The summed E-state index contributed by atoms with van der Waals surface area (Å²) in [6.45, 7) is 9.85. The molecule has 30 heavy (non-hydrogen) atoms. The van der Waals surface area contributed by atoms with E-state index in [9.17, 15) is 14.4 Å². The van der Waals surface area contributed by atoms with Gasteiger partial charge >= 0.3 is 5.97 Å². The molecule has 1 aliphatic rings. The topological polar surface area (TPSA) is 66.9 Å². The van der Waals surface area contributed by atoms with Crippen LogP contribution in [0.1, 0.15) is 58.1 Å². The van der Waals surface area contributed by atoms with Gasteiger partial charge in [-0.2, -0.15) is 0 Å². The maximum atomic E-state index is 12.5. The zero-order chi connectivity index (χ0) is 22.3. The van der Waals surface area contributed by atoms with Crippen molar-refractivity contribution in [3.63, 3.8) is 0 Å². The number of piperidine rings is 1. The third-order valence-electron chi connectivity index (χ3n) is 5.71. The Balaban J connectivity index is 1.76. The lowest BCUT2D eigenvalue weighted by atomic mass is 9.86. The number of hydrogen-bond acceptors (Lipinski definition) is 4. The molecule has 6 heteroatoms. The van der Waals surface area contributed by atoms with Crippen LogP contribution in [0.15, 0.2) is 24.3 Å². The van der Waals surface area contributed by atoms with Gasteiger partial charge in [-0.25, -0.2) is 0 Å². The average molecular weight is 417 g/mol. The Morgan fingerprint density at radius 1 is 1.10 bits per heavy atom. The Hall–Kier alpha value is -2.37. The number of rotatable bonds is 7. The predicted molar refractivity (Wildman–Crippen MR) is 117 cm³/mol. The number of esters is 1. The SMILES string of the molecule is CCOC(=O)C1CCN(C(=O)CN(C)C(=O)CCc2ccc(C(C)(C)C)cc2)CC1. The lowest BCUT2D eigenvalue weighted by molar-refractivity contribution is -0.151. The van der Waals surface area contributed by atoms with Crippen molar-refractivity contribution in [2.45, 2.75) is 58.8 Å². The van der Waals surface area contributed by atoms with Crippen LogP contribution in [0.2, 0.25) is 0 Å². The van der Waals surface area contributed by atoms with Crippen molar-refractivity contribution in [3.05, 3.63) is 35.4 Å². The van der Waals surface area contributed by atoms with Crippen LogP contribution in [0.25, 0.3) is 0 Å². The quantitative estimate of drug-likeness (QED) is 0.641. The fourth-order valence-electron chi connectivity index (χ4n) is 3.63. The number of benzene rings is 1. The minimum Gasteiger partial charge on any atom is -0.466 e. The van der Waals surface area contributed by atoms with Gasteiger partial charge in [0, 0.05) is 26.6 Å². The van der Waals surface area contributed by atoms with Crippen molar-refractivity contribution in [1.82, 2.24) is 9.80 Å². The standard InChI is InChI=1S/C24H36N2O4/c1-6-30-23(29)19-13-15-26(16-14-19)22(28)17-25(5)21(27)12-9-18-7-10-20(11-8-18)24(2,3)4/h7-8,10-11,19H,6,9,12-17H2,1-5H3. The Morgan fingerprint density at radius 3 is 2.23 bits per heavy atom. The Morgan fingerprint density at radius 2 is 1.70 bits per heavy atom. The van der Waals surface area contributed by atoms with Crippen LogP contribution in [0.3, 0.4) is 0 Å². The molecule has 0 spiro atoms. The second-order valence-electron chi connectivity index (χ2n) is 9.10. The van der Waals surface area contributed by atoms with Crippen LogP contribution >= 0.6 is 0 Å². The van der Waals surface area contributed by atoms with Crippen LogP contribution in [-0.2, 0) is 31.0 Å². The molecule has 1 aromatic carbocycles. The fraction of sp³-hybridized carbons (Fsp3) is 0.625. The lowest BCUT2D eigenvalue weighted by Gasteiger charge is -2.32. The summed E-state index contributed by atoms with van der Waals surface area (Å²) < 4.78 is 5.06. The van der Waals surface area contributed by atoms with E-state index in [4.69, 9.17) is 4.74 Å². The summed E-state index contributed by atoms with van der Waals surface area (Å²) in [4.78, 5) is 40.1. The molecule has 0 unspecified atom stereocenters. The van der Waals surface area contributed by atoms with Gasteiger partial charge in [0.05, 0.1) is 19.1 Å². The van der Waals surface area contributed by atoms with E-state index in [1.807, 2.05) is 0 Å². The van der Waals surface area contributed by atoms with Crippen LogP contribution < -0.4 is 0 Å². The van der Waals surface area contributed by atoms with Crippen molar-refractivity contribution in [2.75, 3.05) is 33.3 Å². The molecule has 1 heterocycles. The van der Waals surface area contributed by atoms with Crippen molar-refractivity contribution in [1.29, 1.82) is 0 Å². The number of hydrogen-bond donors (Lipinski definition) is 0. The second kappa shape index (κ2) is 10.6. The first-order valence-corrected chi connectivity index (χ1v) is 10.9. The highest BCUT2D eigenvalue weighted by Gasteiger charge is 2.28. The monoisotopic (exact) mass is 416 g/mol. The van der Waals surface area contributed by atoms with E-state index in [1.165, 1.54) is 10.5 Å². The minimum atomic E-state index is -0.174. The number of likely N-dealkylation sites (tertiary alicyclic amines) is 1. The maximum Gasteiger partial charge on any atom is 0.309 e. The summed E-state index contributed by atoms with van der Waals surface area (Å²) in [6.07, 6.45) is 2.27. The number of carbonyl (C=O) groups is 3. The van der Waals surface area contributed by atoms with E-state index in [-0.39, 0.29) is 35.7 Å². The van der Waals surface area contributed by atoms with E-state index in [0.29, 0.717) is 45.4 Å². The number of aryl methyl sites for hydroxylation is 1.